The average molecular weight is 310 g/mol. The largest absolute Gasteiger partial charge is 0.399 e. The van der Waals surface area contributed by atoms with Gasteiger partial charge < -0.3 is 10.6 Å². The van der Waals surface area contributed by atoms with Crippen LogP contribution in [0.15, 0.2) is 24.3 Å². The van der Waals surface area contributed by atoms with E-state index in [0.29, 0.717) is 18.5 Å². The van der Waals surface area contributed by atoms with Gasteiger partial charge in [-0.3, -0.25) is 4.79 Å². The van der Waals surface area contributed by atoms with Crippen molar-refractivity contribution in [1.82, 2.24) is 4.90 Å². The Labute approximate surface area is 126 Å². The molecule has 2 unspecified atom stereocenters. The van der Waals surface area contributed by atoms with Crippen LogP contribution in [0.5, 0.6) is 0 Å². The first-order chi connectivity index (χ1) is 9.78. The van der Waals surface area contributed by atoms with Gasteiger partial charge in [-0.25, -0.2) is 8.42 Å². The molecule has 0 saturated carbocycles. The van der Waals surface area contributed by atoms with Crippen LogP contribution in [-0.4, -0.2) is 43.8 Å². The highest BCUT2D eigenvalue weighted by molar-refractivity contribution is 7.91. The van der Waals surface area contributed by atoms with E-state index in [1.807, 2.05) is 31.2 Å². The van der Waals surface area contributed by atoms with Crippen molar-refractivity contribution in [3.05, 3.63) is 29.8 Å². The van der Waals surface area contributed by atoms with Crippen molar-refractivity contribution in [3.8, 4) is 0 Å². The number of nitrogens with zero attached hydrogens (tertiary/aromatic N) is 1. The summed E-state index contributed by atoms with van der Waals surface area (Å²) >= 11 is 0. The van der Waals surface area contributed by atoms with Crippen molar-refractivity contribution < 1.29 is 13.2 Å². The number of amides is 1. The highest BCUT2D eigenvalue weighted by atomic mass is 32.2. The molecule has 1 fully saturated rings. The Bertz CT molecular complexity index is 610. The van der Waals surface area contributed by atoms with E-state index in [0.717, 1.165) is 5.56 Å². The van der Waals surface area contributed by atoms with Crippen LogP contribution in [0.1, 0.15) is 31.2 Å². The van der Waals surface area contributed by atoms with Gasteiger partial charge in [0, 0.05) is 25.2 Å². The van der Waals surface area contributed by atoms with Crippen LogP contribution in [0.25, 0.3) is 0 Å². The molecule has 116 valence electrons. The molecule has 21 heavy (non-hydrogen) atoms. The predicted octanol–water partition coefficient (Wildman–Crippen LogP) is 1.41. The summed E-state index contributed by atoms with van der Waals surface area (Å²) in [7, 11) is -1.27. The number of rotatable bonds is 4. The third kappa shape index (κ3) is 3.97. The third-order valence-electron chi connectivity index (χ3n) is 4.14. The number of nitrogen functional groups attached to an aromatic ring is 1. The smallest absolute Gasteiger partial charge is 0.223 e. The van der Waals surface area contributed by atoms with Crippen LogP contribution in [0.3, 0.4) is 0 Å². The highest BCUT2D eigenvalue weighted by Gasteiger charge is 2.32. The Hall–Kier alpha value is -1.56. The molecule has 0 aliphatic carbocycles. The second-order valence-corrected chi connectivity index (χ2v) is 8.06. The second-order valence-electron chi connectivity index (χ2n) is 5.83. The Morgan fingerprint density at radius 3 is 2.52 bits per heavy atom. The van der Waals surface area contributed by atoms with Gasteiger partial charge >= 0.3 is 0 Å². The van der Waals surface area contributed by atoms with Gasteiger partial charge in [-0.05, 0) is 30.0 Å². The first-order valence-corrected chi connectivity index (χ1v) is 8.92. The maximum absolute atomic E-state index is 12.3. The maximum atomic E-state index is 12.3. The molecule has 0 aromatic heterocycles. The maximum Gasteiger partial charge on any atom is 0.223 e. The number of sulfone groups is 1. The summed E-state index contributed by atoms with van der Waals surface area (Å²) in [6.07, 6.45) is 0.914. The molecule has 0 radical (unpaired) electrons. The minimum atomic E-state index is -2.97. The zero-order valence-electron chi connectivity index (χ0n) is 12.5. The van der Waals surface area contributed by atoms with E-state index in [1.165, 1.54) is 0 Å². The molecule has 1 heterocycles. The molecule has 1 aliphatic rings. The predicted molar refractivity (Wildman–Crippen MR) is 83.7 cm³/mol. The van der Waals surface area contributed by atoms with E-state index < -0.39 is 9.84 Å². The summed E-state index contributed by atoms with van der Waals surface area (Å²) in [6.45, 7) is 1.99. The molecule has 2 N–H and O–H groups in total. The molecule has 2 atom stereocenters. The fourth-order valence-electron chi connectivity index (χ4n) is 2.63. The van der Waals surface area contributed by atoms with Gasteiger partial charge in [0.25, 0.3) is 0 Å². The van der Waals surface area contributed by atoms with Gasteiger partial charge in [-0.2, -0.15) is 0 Å². The zero-order valence-corrected chi connectivity index (χ0v) is 13.3. The summed E-state index contributed by atoms with van der Waals surface area (Å²) in [5, 5.41) is 0. The van der Waals surface area contributed by atoms with Gasteiger partial charge in [-0.15, -0.1) is 0 Å². The first kappa shape index (κ1) is 15.8. The van der Waals surface area contributed by atoms with Crippen LogP contribution in [0.2, 0.25) is 0 Å². The quantitative estimate of drug-likeness (QED) is 0.853. The minimum absolute atomic E-state index is 0.0126. The van der Waals surface area contributed by atoms with Crippen LogP contribution < -0.4 is 5.73 Å². The number of nitrogens with two attached hydrogens (primary N) is 1. The Balaban J connectivity index is 1.96. The molecule has 1 saturated heterocycles. The Kier molecular flexibility index (Phi) is 4.56. The van der Waals surface area contributed by atoms with Crippen molar-refractivity contribution in [2.75, 3.05) is 24.3 Å². The topological polar surface area (TPSA) is 80.5 Å². The van der Waals surface area contributed by atoms with Gasteiger partial charge in [0.1, 0.15) is 0 Å². The van der Waals surface area contributed by atoms with Crippen LogP contribution in [0.4, 0.5) is 5.69 Å². The van der Waals surface area contributed by atoms with Gasteiger partial charge in [0.05, 0.1) is 11.5 Å². The summed E-state index contributed by atoms with van der Waals surface area (Å²) in [5.74, 6) is 0.342. The molecular weight excluding hydrogens is 288 g/mol. The third-order valence-corrected chi connectivity index (χ3v) is 5.89. The van der Waals surface area contributed by atoms with E-state index in [4.69, 9.17) is 5.73 Å². The zero-order chi connectivity index (χ0) is 15.6. The van der Waals surface area contributed by atoms with Crippen molar-refractivity contribution in [1.29, 1.82) is 0 Å². The molecule has 0 spiro atoms. The lowest BCUT2D eigenvalue weighted by Crippen LogP contribution is -2.38. The lowest BCUT2D eigenvalue weighted by Gasteiger charge is -2.25. The second kappa shape index (κ2) is 6.05. The number of hydrogen-bond acceptors (Lipinski definition) is 4. The number of carbonyl (C=O) groups excluding carboxylic acids is 1. The van der Waals surface area contributed by atoms with E-state index >= 15 is 0 Å². The molecule has 5 nitrogen and oxygen atoms in total. The molecular formula is C15H22N2O3S. The lowest BCUT2D eigenvalue weighted by atomic mass is 9.96. The number of hydrogen-bond donors (Lipinski definition) is 1. The molecule has 6 heteroatoms. The van der Waals surface area contributed by atoms with Crippen molar-refractivity contribution in [2.24, 2.45) is 0 Å². The molecule has 1 aliphatic heterocycles. The number of benzene rings is 1. The SMILES string of the molecule is CC(CC(=O)N(C)C1CCS(=O)(=O)C1)c1ccc(N)cc1. The summed E-state index contributed by atoms with van der Waals surface area (Å²) in [5.41, 5.74) is 7.41. The Morgan fingerprint density at radius 1 is 1.38 bits per heavy atom. The van der Waals surface area contributed by atoms with Gasteiger partial charge in [0.15, 0.2) is 9.84 Å². The van der Waals surface area contributed by atoms with Crippen molar-refractivity contribution in [2.45, 2.75) is 31.7 Å². The van der Waals surface area contributed by atoms with Crippen LogP contribution in [-0.2, 0) is 14.6 Å². The van der Waals surface area contributed by atoms with E-state index in [2.05, 4.69) is 0 Å². The molecule has 2 rings (SSSR count). The van der Waals surface area contributed by atoms with Crippen LogP contribution in [0, 0.1) is 0 Å². The van der Waals surface area contributed by atoms with Crippen molar-refractivity contribution >= 4 is 21.4 Å². The van der Waals surface area contributed by atoms with Gasteiger partial charge in [-0.1, -0.05) is 19.1 Å². The van der Waals surface area contributed by atoms with E-state index in [1.54, 1.807) is 11.9 Å². The molecule has 1 aromatic carbocycles. The lowest BCUT2D eigenvalue weighted by molar-refractivity contribution is -0.131. The summed E-state index contributed by atoms with van der Waals surface area (Å²) in [4.78, 5) is 13.9. The van der Waals surface area contributed by atoms with E-state index in [-0.39, 0.29) is 29.4 Å². The Morgan fingerprint density at radius 2 is 2.00 bits per heavy atom. The van der Waals surface area contributed by atoms with Crippen molar-refractivity contribution in [3.63, 3.8) is 0 Å². The molecule has 1 amide bonds. The van der Waals surface area contributed by atoms with Gasteiger partial charge in [0.2, 0.25) is 5.91 Å². The normalized spacial score (nSPS) is 21.9. The monoisotopic (exact) mass is 310 g/mol. The molecule has 1 aromatic rings. The van der Waals surface area contributed by atoms with E-state index in [9.17, 15) is 13.2 Å². The minimum Gasteiger partial charge on any atom is -0.399 e. The standard InChI is InChI=1S/C15H22N2O3S/c1-11(12-3-5-13(16)6-4-12)9-15(18)17(2)14-7-8-21(19,20)10-14/h3-6,11,14H,7-10,16H2,1-2H3. The fourth-order valence-corrected chi connectivity index (χ4v) is 4.41. The number of carbonyl (C=O) groups is 1. The number of anilines is 1. The first-order valence-electron chi connectivity index (χ1n) is 7.10. The molecule has 0 bridgehead atoms. The average Bonchev–Trinajstić information content (AvgIpc) is 2.78. The highest BCUT2D eigenvalue weighted by Crippen LogP contribution is 2.23. The summed E-state index contributed by atoms with van der Waals surface area (Å²) in [6, 6.07) is 7.31. The summed E-state index contributed by atoms with van der Waals surface area (Å²) < 4.78 is 23.0. The van der Waals surface area contributed by atoms with Crippen LogP contribution >= 0.6 is 0 Å². The fraction of sp³-hybridized carbons (Fsp3) is 0.533.